The molecule has 1 aromatic rings. The number of hydrogen-bond acceptors (Lipinski definition) is 0. The summed E-state index contributed by atoms with van der Waals surface area (Å²) in [5.41, 5.74) is 1.47. The standard InChI is InChI=1S/C12H16I/c13-11-7-2-1-4-8-12-9-5-3-6-10-12/h3,5-6,9-11H,1-2,4,7-8H2. The largest absolute Gasteiger partial charge is 0.0815 e. The lowest BCUT2D eigenvalue weighted by Crippen LogP contribution is -1.84. The van der Waals surface area contributed by atoms with Crippen LogP contribution in [0.3, 0.4) is 0 Å². The van der Waals surface area contributed by atoms with Gasteiger partial charge >= 0.3 is 0 Å². The average molecular weight is 287 g/mol. The summed E-state index contributed by atoms with van der Waals surface area (Å²) in [6.45, 7) is 0. The van der Waals surface area contributed by atoms with E-state index in [4.69, 9.17) is 0 Å². The van der Waals surface area contributed by atoms with Crippen molar-refractivity contribution >= 4 is 22.6 Å². The summed E-state index contributed by atoms with van der Waals surface area (Å²) in [6.07, 6.45) is 6.52. The van der Waals surface area contributed by atoms with E-state index >= 15 is 0 Å². The van der Waals surface area contributed by atoms with Crippen LogP contribution in [0.1, 0.15) is 31.2 Å². The lowest BCUT2D eigenvalue weighted by atomic mass is 10.1. The second-order valence-electron chi connectivity index (χ2n) is 3.24. The Labute approximate surface area is 94.9 Å². The van der Waals surface area contributed by atoms with E-state index in [1.165, 1.54) is 37.7 Å². The molecule has 0 saturated heterocycles. The van der Waals surface area contributed by atoms with Crippen LogP contribution in [0.5, 0.6) is 0 Å². The van der Waals surface area contributed by atoms with Gasteiger partial charge in [-0.25, -0.2) is 0 Å². The summed E-state index contributed by atoms with van der Waals surface area (Å²) >= 11 is 2.33. The van der Waals surface area contributed by atoms with Crippen molar-refractivity contribution in [2.45, 2.75) is 32.1 Å². The zero-order chi connectivity index (χ0) is 9.36. The van der Waals surface area contributed by atoms with E-state index in [1.807, 2.05) is 0 Å². The third-order valence-corrected chi connectivity index (χ3v) is 2.74. The first-order chi connectivity index (χ1) is 6.43. The number of unbranched alkanes of at least 4 members (excludes halogenated alkanes) is 3. The van der Waals surface area contributed by atoms with Crippen molar-refractivity contribution in [1.82, 2.24) is 0 Å². The van der Waals surface area contributed by atoms with Crippen LogP contribution >= 0.6 is 22.6 Å². The Morgan fingerprint density at radius 1 is 1.00 bits per heavy atom. The third kappa shape index (κ3) is 5.29. The van der Waals surface area contributed by atoms with Gasteiger partial charge < -0.3 is 0 Å². The molecule has 0 unspecified atom stereocenters. The molecule has 0 aliphatic rings. The molecule has 0 heterocycles. The van der Waals surface area contributed by atoms with Crippen molar-refractivity contribution < 1.29 is 0 Å². The molecule has 0 aliphatic heterocycles. The minimum atomic E-state index is 1.24. The van der Waals surface area contributed by atoms with Crippen molar-refractivity contribution in [2.24, 2.45) is 0 Å². The molecule has 0 saturated carbocycles. The minimum Gasteiger partial charge on any atom is -0.0815 e. The van der Waals surface area contributed by atoms with Crippen LogP contribution in [0.15, 0.2) is 30.3 Å². The van der Waals surface area contributed by atoms with Crippen molar-refractivity contribution in [3.63, 3.8) is 0 Å². The van der Waals surface area contributed by atoms with E-state index in [9.17, 15) is 0 Å². The van der Waals surface area contributed by atoms with Crippen LogP contribution in [0.25, 0.3) is 0 Å². The van der Waals surface area contributed by atoms with E-state index in [1.54, 1.807) is 0 Å². The molecule has 0 aliphatic carbocycles. The predicted octanol–water partition coefficient (Wildman–Crippen LogP) is 4.39. The Hall–Kier alpha value is -0.0500. The summed E-state index contributed by atoms with van der Waals surface area (Å²) in [4.78, 5) is 0. The average Bonchev–Trinajstić information content (AvgIpc) is 2.19. The maximum Gasteiger partial charge on any atom is 0.0227 e. The fraction of sp³-hybridized carbons (Fsp3) is 0.417. The fourth-order valence-corrected chi connectivity index (χ4v) is 1.81. The Bertz CT molecular complexity index is 206. The monoisotopic (exact) mass is 287 g/mol. The molecule has 1 heteroatoms. The van der Waals surface area contributed by atoms with E-state index in [-0.39, 0.29) is 0 Å². The second kappa shape index (κ2) is 7.36. The molecule has 0 fully saturated rings. The SMILES string of the molecule is I[CH]CCCCCc1ccccc1. The Balaban J connectivity index is 2.07. The summed E-state index contributed by atoms with van der Waals surface area (Å²) in [5.74, 6) is 0. The normalized spacial score (nSPS) is 10.2. The molecule has 0 atom stereocenters. The number of hydrogen-bond donors (Lipinski definition) is 0. The van der Waals surface area contributed by atoms with Gasteiger partial charge in [0.15, 0.2) is 0 Å². The van der Waals surface area contributed by atoms with Crippen LogP contribution in [-0.4, -0.2) is 0 Å². The highest BCUT2D eigenvalue weighted by atomic mass is 127. The first-order valence-corrected chi connectivity index (χ1v) is 6.14. The summed E-state index contributed by atoms with van der Waals surface area (Å²) in [5, 5.41) is 0. The second-order valence-corrected chi connectivity index (χ2v) is 4.12. The van der Waals surface area contributed by atoms with E-state index < -0.39 is 0 Å². The highest BCUT2D eigenvalue weighted by molar-refractivity contribution is 14.1. The van der Waals surface area contributed by atoms with Gasteiger partial charge in [-0.2, -0.15) is 0 Å². The van der Waals surface area contributed by atoms with Crippen molar-refractivity contribution in [3.05, 3.63) is 40.3 Å². The Morgan fingerprint density at radius 2 is 1.77 bits per heavy atom. The van der Waals surface area contributed by atoms with Gasteiger partial charge in [0.25, 0.3) is 0 Å². The van der Waals surface area contributed by atoms with Gasteiger partial charge in [0, 0.05) is 4.43 Å². The molecule has 0 aromatic heterocycles. The van der Waals surface area contributed by atoms with Crippen LogP contribution in [0.2, 0.25) is 0 Å². The van der Waals surface area contributed by atoms with Crippen molar-refractivity contribution in [1.29, 1.82) is 0 Å². The molecule has 0 N–H and O–H groups in total. The quantitative estimate of drug-likeness (QED) is 0.538. The number of rotatable bonds is 6. The molecular weight excluding hydrogens is 271 g/mol. The molecule has 1 rings (SSSR count). The number of halogens is 1. The predicted molar refractivity (Wildman–Crippen MR) is 66.9 cm³/mol. The van der Waals surface area contributed by atoms with Gasteiger partial charge in [-0.15, -0.1) is 0 Å². The molecule has 0 amide bonds. The van der Waals surface area contributed by atoms with Gasteiger partial charge in [-0.1, -0.05) is 65.8 Å². The summed E-state index contributed by atoms with van der Waals surface area (Å²) in [7, 11) is 0. The summed E-state index contributed by atoms with van der Waals surface area (Å²) in [6, 6.07) is 10.7. The van der Waals surface area contributed by atoms with E-state index in [0.29, 0.717) is 0 Å². The zero-order valence-corrected chi connectivity index (χ0v) is 10.0. The topological polar surface area (TPSA) is 0 Å². The van der Waals surface area contributed by atoms with Gasteiger partial charge in [0.2, 0.25) is 0 Å². The first kappa shape index (κ1) is 11.0. The zero-order valence-electron chi connectivity index (χ0n) is 7.88. The van der Waals surface area contributed by atoms with Crippen LogP contribution in [0.4, 0.5) is 0 Å². The molecule has 0 spiro atoms. The molecule has 13 heavy (non-hydrogen) atoms. The van der Waals surface area contributed by atoms with Crippen LogP contribution in [0, 0.1) is 4.43 Å². The first-order valence-electron chi connectivity index (χ1n) is 4.89. The molecule has 0 nitrogen and oxygen atoms in total. The fourth-order valence-electron chi connectivity index (χ4n) is 1.37. The molecule has 0 bridgehead atoms. The highest BCUT2D eigenvalue weighted by Crippen LogP contribution is 2.09. The van der Waals surface area contributed by atoms with Crippen LogP contribution in [-0.2, 0) is 6.42 Å². The molecule has 1 radical (unpaired) electrons. The molecule has 71 valence electrons. The molecular formula is C12H16I. The van der Waals surface area contributed by atoms with Crippen molar-refractivity contribution in [2.75, 3.05) is 0 Å². The van der Waals surface area contributed by atoms with E-state index in [0.717, 1.165) is 0 Å². The van der Waals surface area contributed by atoms with Gasteiger partial charge in [0.1, 0.15) is 0 Å². The Morgan fingerprint density at radius 3 is 2.46 bits per heavy atom. The number of aryl methyl sites for hydroxylation is 1. The van der Waals surface area contributed by atoms with Gasteiger partial charge in [0.05, 0.1) is 0 Å². The maximum atomic E-state index is 2.33. The Kier molecular flexibility index (Phi) is 6.25. The number of benzene rings is 1. The molecule has 1 aromatic carbocycles. The minimum absolute atomic E-state index is 1.24. The third-order valence-electron chi connectivity index (χ3n) is 2.12. The van der Waals surface area contributed by atoms with Crippen molar-refractivity contribution in [3.8, 4) is 0 Å². The van der Waals surface area contributed by atoms with E-state index in [2.05, 4.69) is 57.4 Å². The summed E-state index contributed by atoms with van der Waals surface area (Å²) < 4.78 is 2.22. The van der Waals surface area contributed by atoms with Crippen LogP contribution < -0.4 is 0 Å². The maximum absolute atomic E-state index is 2.33. The lowest BCUT2D eigenvalue weighted by molar-refractivity contribution is 0.684. The van der Waals surface area contributed by atoms with Gasteiger partial charge in [-0.05, 0) is 24.8 Å². The lowest BCUT2D eigenvalue weighted by Gasteiger charge is -2.00. The smallest absolute Gasteiger partial charge is 0.0227 e. The van der Waals surface area contributed by atoms with Gasteiger partial charge in [-0.3, -0.25) is 0 Å². The highest BCUT2D eigenvalue weighted by Gasteiger charge is 1.91.